The van der Waals surface area contributed by atoms with Crippen LogP contribution in [0.4, 0.5) is 5.69 Å². The van der Waals surface area contributed by atoms with Gasteiger partial charge >= 0.3 is 0 Å². The van der Waals surface area contributed by atoms with Crippen molar-refractivity contribution in [2.75, 3.05) is 12.0 Å². The van der Waals surface area contributed by atoms with Crippen molar-refractivity contribution in [2.24, 2.45) is 47.3 Å². The molecule has 0 spiro atoms. The van der Waals surface area contributed by atoms with Crippen molar-refractivity contribution in [1.29, 1.82) is 0 Å². The lowest BCUT2D eigenvalue weighted by Gasteiger charge is -2.36. The lowest BCUT2D eigenvalue weighted by atomic mass is 9.65. The summed E-state index contributed by atoms with van der Waals surface area (Å²) in [6, 6.07) is 7.28. The number of methoxy groups -OCH3 is 1. The van der Waals surface area contributed by atoms with Crippen LogP contribution in [0.25, 0.3) is 0 Å². The molecule has 1 aliphatic heterocycles. The van der Waals surface area contributed by atoms with Gasteiger partial charge in [-0.2, -0.15) is 0 Å². The SMILES string of the molecule is COc1ccc(N2C(=O)C3C4CC(C3C2=O)C2C3C=CC(C3)C42)cc1. The van der Waals surface area contributed by atoms with Crippen molar-refractivity contribution in [3.63, 3.8) is 0 Å². The molecule has 25 heavy (non-hydrogen) atoms. The number of hydrogen-bond donors (Lipinski definition) is 0. The van der Waals surface area contributed by atoms with Crippen molar-refractivity contribution in [1.82, 2.24) is 0 Å². The van der Waals surface area contributed by atoms with E-state index in [2.05, 4.69) is 12.2 Å². The summed E-state index contributed by atoms with van der Waals surface area (Å²) in [6.45, 7) is 0. The van der Waals surface area contributed by atoms with E-state index in [0.717, 1.165) is 12.2 Å². The van der Waals surface area contributed by atoms with E-state index in [1.165, 1.54) is 11.3 Å². The molecule has 8 unspecified atom stereocenters. The first-order valence-corrected chi connectivity index (χ1v) is 9.39. The van der Waals surface area contributed by atoms with Crippen molar-refractivity contribution in [2.45, 2.75) is 12.8 Å². The molecule has 1 heterocycles. The van der Waals surface area contributed by atoms with Gasteiger partial charge in [-0.3, -0.25) is 14.5 Å². The van der Waals surface area contributed by atoms with E-state index in [1.807, 2.05) is 24.3 Å². The molecule has 1 aromatic rings. The molecular weight excluding hydrogens is 314 g/mol. The molecule has 4 nitrogen and oxygen atoms in total. The van der Waals surface area contributed by atoms with Crippen LogP contribution in [0.15, 0.2) is 36.4 Å². The summed E-state index contributed by atoms with van der Waals surface area (Å²) in [6.07, 6.45) is 7.10. The molecule has 0 aromatic heterocycles. The van der Waals surface area contributed by atoms with Gasteiger partial charge in [-0.25, -0.2) is 0 Å². The third-order valence-electron chi connectivity index (χ3n) is 7.77. The van der Waals surface area contributed by atoms with Crippen LogP contribution in [0.3, 0.4) is 0 Å². The third-order valence-corrected chi connectivity index (χ3v) is 7.77. The highest BCUT2D eigenvalue weighted by Crippen LogP contribution is 2.70. The normalized spacial score (nSPS) is 45.4. The van der Waals surface area contributed by atoms with Crippen molar-refractivity contribution >= 4 is 17.5 Å². The lowest BCUT2D eigenvalue weighted by molar-refractivity contribution is -0.123. The highest BCUT2D eigenvalue weighted by Gasteiger charge is 2.71. The first kappa shape index (κ1) is 14.1. The Labute approximate surface area is 146 Å². The van der Waals surface area contributed by atoms with E-state index < -0.39 is 0 Å². The van der Waals surface area contributed by atoms with Crippen LogP contribution in [0.5, 0.6) is 5.75 Å². The highest BCUT2D eigenvalue weighted by molar-refractivity contribution is 6.22. The number of ether oxygens (including phenoxy) is 1. The lowest BCUT2D eigenvalue weighted by Crippen LogP contribution is -2.38. The van der Waals surface area contributed by atoms with Gasteiger partial charge in [0, 0.05) is 0 Å². The number of carbonyl (C=O) groups excluding carboxylic acids is 2. The van der Waals surface area contributed by atoms with E-state index in [4.69, 9.17) is 4.74 Å². The summed E-state index contributed by atoms with van der Waals surface area (Å²) in [5.41, 5.74) is 0.691. The van der Waals surface area contributed by atoms with Gasteiger partial charge in [0.05, 0.1) is 24.6 Å². The number of rotatable bonds is 2. The average molecular weight is 335 g/mol. The number of hydrogen-bond acceptors (Lipinski definition) is 3. The summed E-state index contributed by atoms with van der Waals surface area (Å²) in [5.74, 6) is 4.10. The summed E-state index contributed by atoms with van der Waals surface area (Å²) < 4.78 is 5.19. The van der Waals surface area contributed by atoms with Crippen LogP contribution < -0.4 is 9.64 Å². The minimum atomic E-state index is -0.0754. The topological polar surface area (TPSA) is 46.6 Å². The highest BCUT2D eigenvalue weighted by atomic mass is 16.5. The minimum Gasteiger partial charge on any atom is -0.497 e. The molecule has 2 amide bonds. The first-order valence-electron chi connectivity index (χ1n) is 9.39. The second-order valence-electron chi connectivity index (χ2n) is 8.43. The zero-order valence-electron chi connectivity index (χ0n) is 14.2. The predicted octanol–water partition coefficient (Wildman–Crippen LogP) is 2.89. The monoisotopic (exact) mass is 335 g/mol. The van der Waals surface area contributed by atoms with Crippen LogP contribution in [0.2, 0.25) is 0 Å². The zero-order valence-corrected chi connectivity index (χ0v) is 14.2. The maximum atomic E-state index is 13.2. The molecular formula is C21H21NO3. The Kier molecular flexibility index (Phi) is 2.56. The molecule has 6 rings (SSSR count). The molecule has 0 N–H and O–H groups in total. The molecule has 4 bridgehead atoms. The summed E-state index contributed by atoms with van der Waals surface area (Å²) >= 11 is 0. The average Bonchev–Trinajstić information content (AvgIpc) is 3.40. The van der Waals surface area contributed by atoms with E-state index in [0.29, 0.717) is 41.2 Å². The van der Waals surface area contributed by atoms with Gasteiger partial charge < -0.3 is 4.74 Å². The fourth-order valence-corrected chi connectivity index (χ4v) is 7.10. The van der Waals surface area contributed by atoms with Gasteiger partial charge in [0.25, 0.3) is 0 Å². The second-order valence-corrected chi connectivity index (χ2v) is 8.43. The van der Waals surface area contributed by atoms with Crippen molar-refractivity contribution < 1.29 is 14.3 Å². The third kappa shape index (κ3) is 1.55. The van der Waals surface area contributed by atoms with Crippen LogP contribution in [0, 0.1) is 47.3 Å². The fourth-order valence-electron chi connectivity index (χ4n) is 7.10. The molecule has 4 fully saturated rings. The Balaban J connectivity index is 1.37. The van der Waals surface area contributed by atoms with Gasteiger partial charge in [0.1, 0.15) is 5.75 Å². The van der Waals surface area contributed by atoms with Gasteiger partial charge in [-0.1, -0.05) is 12.2 Å². The molecule has 1 aromatic carbocycles. The molecule has 8 atom stereocenters. The van der Waals surface area contributed by atoms with Crippen molar-refractivity contribution in [3.8, 4) is 5.75 Å². The molecule has 1 saturated heterocycles. The molecule has 0 radical (unpaired) electrons. The van der Waals surface area contributed by atoms with Crippen molar-refractivity contribution in [3.05, 3.63) is 36.4 Å². The van der Waals surface area contributed by atoms with Gasteiger partial charge in [0.15, 0.2) is 0 Å². The summed E-state index contributed by atoms with van der Waals surface area (Å²) in [7, 11) is 1.62. The Morgan fingerprint density at radius 1 is 0.880 bits per heavy atom. The molecule has 4 heteroatoms. The van der Waals surface area contributed by atoms with E-state index in [9.17, 15) is 9.59 Å². The number of benzene rings is 1. The molecule has 4 aliphatic carbocycles. The second kappa shape index (κ2) is 4.54. The van der Waals surface area contributed by atoms with E-state index >= 15 is 0 Å². The van der Waals surface area contributed by atoms with E-state index in [-0.39, 0.29) is 23.7 Å². The number of allylic oxidation sites excluding steroid dienone is 2. The van der Waals surface area contributed by atoms with Crippen LogP contribution in [-0.2, 0) is 9.59 Å². The number of anilines is 1. The van der Waals surface area contributed by atoms with Crippen LogP contribution in [0.1, 0.15) is 12.8 Å². The number of fused-ring (bicyclic) bond motifs is 12. The van der Waals surface area contributed by atoms with Gasteiger partial charge in [-0.05, 0) is 72.6 Å². The van der Waals surface area contributed by atoms with Crippen LogP contribution >= 0.6 is 0 Å². The number of amides is 2. The van der Waals surface area contributed by atoms with Gasteiger partial charge in [-0.15, -0.1) is 0 Å². The maximum Gasteiger partial charge on any atom is 0.237 e. The Hall–Kier alpha value is -2.10. The smallest absolute Gasteiger partial charge is 0.237 e. The first-order chi connectivity index (χ1) is 12.2. The van der Waals surface area contributed by atoms with Gasteiger partial charge in [0.2, 0.25) is 11.8 Å². The molecule has 128 valence electrons. The van der Waals surface area contributed by atoms with Crippen LogP contribution in [-0.4, -0.2) is 18.9 Å². The van der Waals surface area contributed by atoms with E-state index in [1.54, 1.807) is 7.11 Å². The number of nitrogens with zero attached hydrogens (tertiary/aromatic N) is 1. The number of carbonyl (C=O) groups is 2. The molecule has 3 saturated carbocycles. The zero-order chi connectivity index (χ0) is 16.9. The number of imide groups is 1. The Morgan fingerprint density at radius 2 is 1.44 bits per heavy atom. The largest absolute Gasteiger partial charge is 0.497 e. The minimum absolute atomic E-state index is 0.0397. The predicted molar refractivity (Wildman–Crippen MR) is 91.8 cm³/mol. The summed E-state index contributed by atoms with van der Waals surface area (Å²) in [5, 5.41) is 0. The standard InChI is InChI=1S/C21H21NO3/c1-25-13-6-4-12(5-7-13)22-20(23)18-14-9-15(19(18)21(22)24)17-11-3-2-10(8-11)16(14)17/h2-7,10-11,14-19H,8-9H2,1H3. The Bertz CT molecular complexity index is 771. The Morgan fingerprint density at radius 3 is 1.96 bits per heavy atom. The quantitative estimate of drug-likeness (QED) is 0.474. The molecule has 5 aliphatic rings. The fraction of sp³-hybridized carbons (Fsp3) is 0.524. The maximum absolute atomic E-state index is 13.2. The summed E-state index contributed by atoms with van der Waals surface area (Å²) in [4.78, 5) is 27.8.